The SMILES string of the molecule is CC(=O)Sc1cc2c(cc1Cl)cc(CNC(=O)C1(C)CC1)n2S(=O)(=O)c1ccccc1. The molecule has 1 fully saturated rings. The van der Waals surface area contributed by atoms with Crippen molar-refractivity contribution in [1.82, 2.24) is 9.29 Å². The Kier molecular flexibility index (Phi) is 5.66. The van der Waals surface area contributed by atoms with Crippen LogP contribution in [-0.4, -0.2) is 23.4 Å². The first-order valence-electron chi connectivity index (χ1n) is 9.73. The Hall–Kier alpha value is -2.29. The Morgan fingerprint density at radius 2 is 1.84 bits per heavy atom. The van der Waals surface area contributed by atoms with E-state index in [0.29, 0.717) is 26.5 Å². The van der Waals surface area contributed by atoms with Crippen molar-refractivity contribution in [1.29, 1.82) is 0 Å². The minimum Gasteiger partial charge on any atom is -0.350 e. The van der Waals surface area contributed by atoms with E-state index in [1.807, 2.05) is 6.92 Å². The molecular formula is C22H21ClN2O4S2. The molecule has 3 aromatic rings. The van der Waals surface area contributed by atoms with Crippen LogP contribution in [0.4, 0.5) is 0 Å². The fourth-order valence-electron chi connectivity index (χ4n) is 3.38. The highest BCUT2D eigenvalue weighted by Gasteiger charge is 2.44. The number of nitrogens with one attached hydrogen (secondary N) is 1. The van der Waals surface area contributed by atoms with Gasteiger partial charge >= 0.3 is 0 Å². The third kappa shape index (κ3) is 4.24. The second-order valence-corrected chi connectivity index (χ2v) is 11.3. The van der Waals surface area contributed by atoms with Crippen LogP contribution in [0.2, 0.25) is 5.02 Å². The highest BCUT2D eigenvalue weighted by molar-refractivity contribution is 8.13. The van der Waals surface area contributed by atoms with Crippen molar-refractivity contribution >= 4 is 55.3 Å². The molecule has 0 bridgehead atoms. The minimum atomic E-state index is -3.95. The summed E-state index contributed by atoms with van der Waals surface area (Å²) in [6.45, 7) is 3.37. The average molecular weight is 477 g/mol. The number of hydrogen-bond acceptors (Lipinski definition) is 5. The normalized spacial score (nSPS) is 15.1. The summed E-state index contributed by atoms with van der Waals surface area (Å²) in [6, 6.07) is 13.1. The number of halogens is 1. The summed E-state index contributed by atoms with van der Waals surface area (Å²) in [5, 5.41) is 3.69. The van der Waals surface area contributed by atoms with Crippen LogP contribution in [-0.2, 0) is 26.2 Å². The molecule has 1 aliphatic rings. The van der Waals surface area contributed by atoms with Gasteiger partial charge in [-0.2, -0.15) is 0 Å². The number of nitrogens with zero attached hydrogens (tertiary/aromatic N) is 1. The molecule has 0 radical (unpaired) electrons. The Morgan fingerprint density at radius 1 is 1.16 bits per heavy atom. The molecule has 1 heterocycles. The quantitative estimate of drug-likeness (QED) is 0.526. The lowest BCUT2D eigenvalue weighted by Crippen LogP contribution is -2.31. The fraction of sp³-hybridized carbons (Fsp3) is 0.273. The van der Waals surface area contributed by atoms with Crippen molar-refractivity contribution in [3.8, 4) is 0 Å². The molecule has 1 amide bonds. The number of rotatable bonds is 6. The van der Waals surface area contributed by atoms with E-state index in [4.69, 9.17) is 11.6 Å². The molecule has 2 aromatic carbocycles. The number of thioether (sulfide) groups is 1. The number of benzene rings is 2. The van der Waals surface area contributed by atoms with Crippen LogP contribution < -0.4 is 5.32 Å². The van der Waals surface area contributed by atoms with Crippen LogP contribution in [0.25, 0.3) is 10.9 Å². The number of aromatic nitrogens is 1. The largest absolute Gasteiger partial charge is 0.350 e. The number of carbonyl (C=O) groups is 2. The molecule has 0 aliphatic heterocycles. The van der Waals surface area contributed by atoms with Crippen LogP contribution >= 0.6 is 23.4 Å². The molecule has 6 nitrogen and oxygen atoms in total. The molecule has 4 rings (SSSR count). The zero-order chi connectivity index (χ0) is 22.4. The first kappa shape index (κ1) is 21.9. The highest BCUT2D eigenvalue weighted by Crippen LogP contribution is 2.45. The van der Waals surface area contributed by atoms with Crippen molar-refractivity contribution in [3.05, 3.63) is 59.2 Å². The summed E-state index contributed by atoms with van der Waals surface area (Å²) >= 11 is 7.28. The maximum Gasteiger partial charge on any atom is 0.268 e. The van der Waals surface area contributed by atoms with Gasteiger partial charge in [0.25, 0.3) is 10.0 Å². The van der Waals surface area contributed by atoms with Crippen LogP contribution in [0.1, 0.15) is 32.4 Å². The van der Waals surface area contributed by atoms with Crippen molar-refractivity contribution in [2.24, 2.45) is 5.41 Å². The number of fused-ring (bicyclic) bond motifs is 1. The molecule has 0 unspecified atom stereocenters. The minimum absolute atomic E-state index is 0.0575. The Morgan fingerprint density at radius 3 is 2.45 bits per heavy atom. The first-order valence-corrected chi connectivity index (χ1v) is 12.4. The predicted molar refractivity (Wildman–Crippen MR) is 122 cm³/mol. The summed E-state index contributed by atoms with van der Waals surface area (Å²) in [5.74, 6) is -0.0905. The van der Waals surface area contributed by atoms with Gasteiger partial charge in [0.15, 0.2) is 5.12 Å². The van der Waals surface area contributed by atoms with E-state index in [0.717, 1.165) is 24.6 Å². The van der Waals surface area contributed by atoms with Gasteiger partial charge < -0.3 is 5.32 Å². The van der Waals surface area contributed by atoms with Gasteiger partial charge in [0.05, 0.1) is 27.7 Å². The molecule has 0 spiro atoms. The Labute approximate surface area is 190 Å². The molecule has 1 aromatic heterocycles. The molecule has 0 saturated heterocycles. The van der Waals surface area contributed by atoms with E-state index in [2.05, 4.69) is 5.32 Å². The van der Waals surface area contributed by atoms with Gasteiger partial charge in [-0.25, -0.2) is 12.4 Å². The van der Waals surface area contributed by atoms with E-state index in [9.17, 15) is 18.0 Å². The van der Waals surface area contributed by atoms with E-state index in [1.165, 1.54) is 23.0 Å². The first-order chi connectivity index (χ1) is 14.6. The molecule has 1 saturated carbocycles. The van der Waals surface area contributed by atoms with E-state index in [-0.39, 0.29) is 27.9 Å². The van der Waals surface area contributed by atoms with Crippen LogP contribution in [0.3, 0.4) is 0 Å². The van der Waals surface area contributed by atoms with Gasteiger partial charge in [-0.05, 0) is 43.2 Å². The zero-order valence-electron chi connectivity index (χ0n) is 17.0. The van der Waals surface area contributed by atoms with Crippen LogP contribution in [0.5, 0.6) is 0 Å². The lowest BCUT2D eigenvalue weighted by atomic mass is 10.1. The topological polar surface area (TPSA) is 85.2 Å². The highest BCUT2D eigenvalue weighted by atomic mass is 35.5. The second-order valence-electron chi connectivity index (χ2n) is 7.90. The molecule has 9 heteroatoms. The standard InChI is InChI=1S/C22H21ClN2O4S2/c1-14(26)30-20-12-19-15(11-18(20)23)10-16(13-24-21(27)22(2)8-9-22)25(19)31(28,29)17-6-4-3-5-7-17/h3-7,10-12H,8-9,13H2,1-2H3,(H,24,27). The third-order valence-corrected chi connectivity index (χ3v) is 8.45. The van der Waals surface area contributed by atoms with Crippen molar-refractivity contribution < 1.29 is 18.0 Å². The number of amides is 1. The zero-order valence-corrected chi connectivity index (χ0v) is 19.4. The van der Waals surface area contributed by atoms with Gasteiger partial charge in [-0.15, -0.1) is 0 Å². The fourth-order valence-corrected chi connectivity index (χ4v) is 5.86. The van der Waals surface area contributed by atoms with Gasteiger partial charge in [0.2, 0.25) is 5.91 Å². The van der Waals surface area contributed by atoms with Gasteiger partial charge in [-0.1, -0.05) is 48.5 Å². The van der Waals surface area contributed by atoms with Crippen molar-refractivity contribution in [3.63, 3.8) is 0 Å². The number of hydrogen-bond donors (Lipinski definition) is 1. The van der Waals surface area contributed by atoms with Crippen LogP contribution in [0.15, 0.2) is 58.3 Å². The summed E-state index contributed by atoms with van der Waals surface area (Å²) < 4.78 is 28.3. The maximum absolute atomic E-state index is 13.5. The lowest BCUT2D eigenvalue weighted by Gasteiger charge is -2.14. The Bertz CT molecular complexity index is 1300. The molecule has 31 heavy (non-hydrogen) atoms. The molecule has 1 N–H and O–H groups in total. The summed E-state index contributed by atoms with van der Waals surface area (Å²) in [4.78, 5) is 24.7. The molecular weight excluding hydrogens is 456 g/mol. The third-order valence-electron chi connectivity index (χ3n) is 5.40. The van der Waals surface area contributed by atoms with Gasteiger partial charge in [0, 0.05) is 22.6 Å². The number of carbonyl (C=O) groups excluding carboxylic acids is 2. The second kappa shape index (κ2) is 8.00. The lowest BCUT2D eigenvalue weighted by molar-refractivity contribution is -0.125. The van der Waals surface area contributed by atoms with Gasteiger partial charge in [0.1, 0.15) is 0 Å². The smallest absolute Gasteiger partial charge is 0.268 e. The Balaban J connectivity index is 1.86. The van der Waals surface area contributed by atoms with Crippen molar-refractivity contribution in [2.45, 2.75) is 43.0 Å². The summed E-state index contributed by atoms with van der Waals surface area (Å²) in [7, 11) is -3.95. The average Bonchev–Trinajstić information content (AvgIpc) is 3.37. The maximum atomic E-state index is 13.5. The summed E-state index contributed by atoms with van der Waals surface area (Å²) in [6.07, 6.45) is 1.65. The molecule has 0 atom stereocenters. The molecule has 162 valence electrons. The van der Waals surface area contributed by atoms with Crippen LogP contribution in [0, 0.1) is 5.41 Å². The summed E-state index contributed by atoms with van der Waals surface area (Å²) in [5.41, 5.74) is 0.445. The van der Waals surface area contributed by atoms with E-state index in [1.54, 1.807) is 36.4 Å². The van der Waals surface area contributed by atoms with Crippen molar-refractivity contribution in [2.75, 3.05) is 0 Å². The van der Waals surface area contributed by atoms with E-state index < -0.39 is 10.0 Å². The predicted octanol–water partition coefficient (Wildman–Crippen LogP) is 4.59. The molecule has 1 aliphatic carbocycles. The monoisotopic (exact) mass is 476 g/mol. The van der Waals surface area contributed by atoms with E-state index >= 15 is 0 Å². The van der Waals surface area contributed by atoms with Gasteiger partial charge in [-0.3, -0.25) is 9.59 Å².